The number of piperazine rings is 1. The standard InChI is InChI=1S/C20H17F3N6O3/c21-20(22,23)15-3-6-17(18(11-15)29(31)32)26-7-9-27(10-8-26)19(30)14-1-4-16(5-2-14)28-13-24-12-25-28/h1-6,11-13H,7-10H2. The van der Waals surface area contributed by atoms with Crippen molar-refractivity contribution in [1.29, 1.82) is 0 Å². The van der Waals surface area contributed by atoms with Crippen molar-refractivity contribution in [3.8, 4) is 5.69 Å². The maximum atomic E-state index is 12.9. The second-order valence-electron chi connectivity index (χ2n) is 7.12. The van der Waals surface area contributed by atoms with Crippen LogP contribution in [0.1, 0.15) is 15.9 Å². The summed E-state index contributed by atoms with van der Waals surface area (Å²) in [6.07, 6.45) is -1.73. The minimum atomic E-state index is -4.67. The van der Waals surface area contributed by atoms with Gasteiger partial charge in [0.15, 0.2) is 0 Å². The van der Waals surface area contributed by atoms with Crippen molar-refractivity contribution in [3.05, 3.63) is 76.4 Å². The largest absolute Gasteiger partial charge is 0.416 e. The lowest BCUT2D eigenvalue weighted by atomic mass is 10.1. The first-order valence-corrected chi connectivity index (χ1v) is 9.59. The van der Waals surface area contributed by atoms with E-state index in [0.717, 1.165) is 17.8 Å². The number of amides is 1. The molecule has 1 saturated heterocycles. The zero-order chi connectivity index (χ0) is 22.9. The van der Waals surface area contributed by atoms with Crippen molar-refractivity contribution in [2.45, 2.75) is 6.18 Å². The van der Waals surface area contributed by atoms with Crippen LogP contribution in [0.2, 0.25) is 0 Å². The van der Waals surface area contributed by atoms with Gasteiger partial charge in [0.25, 0.3) is 11.6 Å². The van der Waals surface area contributed by atoms with E-state index in [0.29, 0.717) is 11.6 Å². The molecule has 166 valence electrons. The lowest BCUT2D eigenvalue weighted by Gasteiger charge is -2.36. The molecular formula is C20H17F3N6O3. The molecule has 0 atom stereocenters. The van der Waals surface area contributed by atoms with Crippen LogP contribution in [-0.4, -0.2) is 56.7 Å². The predicted molar refractivity (Wildman–Crippen MR) is 108 cm³/mol. The van der Waals surface area contributed by atoms with Gasteiger partial charge in [-0.1, -0.05) is 0 Å². The zero-order valence-electron chi connectivity index (χ0n) is 16.6. The Morgan fingerprint density at radius 3 is 2.28 bits per heavy atom. The number of aromatic nitrogens is 3. The average molecular weight is 446 g/mol. The second kappa shape index (κ2) is 8.29. The molecule has 12 heteroatoms. The van der Waals surface area contributed by atoms with Crippen LogP contribution in [0.5, 0.6) is 0 Å². The molecule has 2 aromatic carbocycles. The Morgan fingerprint density at radius 1 is 1.03 bits per heavy atom. The number of anilines is 1. The number of halogens is 3. The third-order valence-corrected chi connectivity index (χ3v) is 5.20. The minimum Gasteiger partial charge on any atom is -0.362 e. The molecule has 1 aromatic heterocycles. The summed E-state index contributed by atoms with van der Waals surface area (Å²) in [5.74, 6) is -0.197. The molecule has 0 unspecified atom stereocenters. The fourth-order valence-corrected chi connectivity index (χ4v) is 3.54. The van der Waals surface area contributed by atoms with Crippen LogP contribution in [0.15, 0.2) is 55.1 Å². The first kappa shape index (κ1) is 21.3. The van der Waals surface area contributed by atoms with Crippen LogP contribution in [0.4, 0.5) is 24.5 Å². The van der Waals surface area contributed by atoms with E-state index in [9.17, 15) is 28.1 Å². The van der Waals surface area contributed by atoms with Gasteiger partial charge in [-0.25, -0.2) is 9.67 Å². The molecule has 0 N–H and O–H groups in total. The number of nitro groups is 1. The van der Waals surface area contributed by atoms with E-state index in [2.05, 4.69) is 10.1 Å². The van der Waals surface area contributed by atoms with Gasteiger partial charge in [-0.15, -0.1) is 0 Å². The number of alkyl halides is 3. The Kier molecular flexibility index (Phi) is 5.51. The van der Waals surface area contributed by atoms with Gasteiger partial charge in [-0.2, -0.15) is 18.3 Å². The van der Waals surface area contributed by atoms with Gasteiger partial charge in [0.2, 0.25) is 0 Å². The number of rotatable bonds is 4. The summed E-state index contributed by atoms with van der Waals surface area (Å²) in [7, 11) is 0. The maximum absolute atomic E-state index is 12.9. The molecule has 1 amide bonds. The Balaban J connectivity index is 1.45. The van der Waals surface area contributed by atoms with E-state index < -0.39 is 22.4 Å². The minimum absolute atomic E-state index is 0.104. The number of hydrogen-bond acceptors (Lipinski definition) is 6. The summed E-state index contributed by atoms with van der Waals surface area (Å²) >= 11 is 0. The molecule has 1 fully saturated rings. The quantitative estimate of drug-likeness (QED) is 0.451. The third kappa shape index (κ3) is 4.24. The molecule has 32 heavy (non-hydrogen) atoms. The van der Waals surface area contributed by atoms with Gasteiger partial charge >= 0.3 is 6.18 Å². The first-order chi connectivity index (χ1) is 15.2. The number of carbonyl (C=O) groups is 1. The van der Waals surface area contributed by atoms with Crippen LogP contribution in [0.25, 0.3) is 5.69 Å². The van der Waals surface area contributed by atoms with Gasteiger partial charge < -0.3 is 9.80 Å². The van der Waals surface area contributed by atoms with E-state index in [4.69, 9.17) is 0 Å². The van der Waals surface area contributed by atoms with E-state index in [1.54, 1.807) is 38.7 Å². The van der Waals surface area contributed by atoms with Gasteiger partial charge in [0, 0.05) is 37.8 Å². The summed E-state index contributed by atoms with van der Waals surface area (Å²) in [5.41, 5.74) is -0.354. The molecule has 0 spiro atoms. The van der Waals surface area contributed by atoms with E-state index in [1.807, 2.05) is 0 Å². The molecule has 2 heterocycles. The van der Waals surface area contributed by atoms with Crippen LogP contribution in [0.3, 0.4) is 0 Å². The van der Waals surface area contributed by atoms with Crippen LogP contribution in [0, 0.1) is 10.1 Å². The highest BCUT2D eigenvalue weighted by atomic mass is 19.4. The van der Waals surface area contributed by atoms with Crippen molar-refractivity contribution in [3.63, 3.8) is 0 Å². The zero-order valence-corrected chi connectivity index (χ0v) is 16.6. The van der Waals surface area contributed by atoms with Crippen LogP contribution in [-0.2, 0) is 6.18 Å². The van der Waals surface area contributed by atoms with Crippen molar-refractivity contribution >= 4 is 17.3 Å². The second-order valence-corrected chi connectivity index (χ2v) is 7.12. The summed E-state index contributed by atoms with van der Waals surface area (Å²) in [4.78, 5) is 30.4. The molecule has 0 bridgehead atoms. The SMILES string of the molecule is O=C(c1ccc(-n2cncn2)cc1)N1CCN(c2ccc(C(F)(F)F)cc2[N+](=O)[O-])CC1. The van der Waals surface area contributed by atoms with E-state index in [1.165, 1.54) is 12.7 Å². The summed E-state index contributed by atoms with van der Waals surface area (Å²) in [6, 6.07) is 9.31. The number of carbonyl (C=O) groups excluding carboxylic acids is 1. The predicted octanol–water partition coefficient (Wildman–Crippen LogP) is 3.16. The highest BCUT2D eigenvalue weighted by Crippen LogP contribution is 2.36. The van der Waals surface area contributed by atoms with Gasteiger partial charge in [0.1, 0.15) is 18.3 Å². The maximum Gasteiger partial charge on any atom is 0.416 e. The molecule has 3 aromatic rings. The Morgan fingerprint density at radius 2 is 1.72 bits per heavy atom. The van der Waals surface area contributed by atoms with Crippen molar-refractivity contribution in [2.75, 3.05) is 31.1 Å². The molecule has 1 aliphatic heterocycles. The number of benzene rings is 2. The smallest absolute Gasteiger partial charge is 0.362 e. The highest BCUT2D eigenvalue weighted by Gasteiger charge is 2.34. The molecule has 0 aliphatic carbocycles. The Hall–Kier alpha value is -3.96. The van der Waals surface area contributed by atoms with Crippen molar-refractivity contribution < 1.29 is 22.9 Å². The van der Waals surface area contributed by atoms with E-state index in [-0.39, 0.29) is 37.8 Å². The lowest BCUT2D eigenvalue weighted by Crippen LogP contribution is -2.49. The first-order valence-electron chi connectivity index (χ1n) is 9.59. The molecule has 9 nitrogen and oxygen atoms in total. The molecule has 0 radical (unpaired) electrons. The monoisotopic (exact) mass is 446 g/mol. The highest BCUT2D eigenvalue weighted by molar-refractivity contribution is 5.94. The number of nitro benzene ring substituents is 1. The van der Waals surface area contributed by atoms with Gasteiger partial charge in [-0.3, -0.25) is 14.9 Å². The Bertz CT molecular complexity index is 1120. The summed E-state index contributed by atoms with van der Waals surface area (Å²) < 4.78 is 40.3. The van der Waals surface area contributed by atoms with Gasteiger partial charge in [0.05, 0.1) is 16.2 Å². The number of hydrogen-bond donors (Lipinski definition) is 0. The number of nitrogens with zero attached hydrogens (tertiary/aromatic N) is 6. The molecular weight excluding hydrogens is 429 g/mol. The molecule has 4 rings (SSSR count). The topological polar surface area (TPSA) is 97.4 Å². The molecule has 1 aliphatic rings. The molecule has 0 saturated carbocycles. The van der Waals surface area contributed by atoms with Crippen LogP contribution >= 0.6 is 0 Å². The lowest BCUT2D eigenvalue weighted by molar-refractivity contribution is -0.384. The Labute approximate surface area is 179 Å². The summed E-state index contributed by atoms with van der Waals surface area (Å²) in [5, 5.41) is 15.4. The fourth-order valence-electron chi connectivity index (χ4n) is 3.54. The fraction of sp³-hybridized carbons (Fsp3) is 0.250. The average Bonchev–Trinajstić information content (AvgIpc) is 3.33. The normalized spacial score (nSPS) is 14.5. The summed E-state index contributed by atoms with van der Waals surface area (Å²) in [6.45, 7) is 1.08. The van der Waals surface area contributed by atoms with Crippen molar-refractivity contribution in [2.24, 2.45) is 0 Å². The van der Waals surface area contributed by atoms with Crippen LogP contribution < -0.4 is 4.90 Å². The third-order valence-electron chi connectivity index (χ3n) is 5.20. The van der Waals surface area contributed by atoms with Gasteiger partial charge in [-0.05, 0) is 36.4 Å². The van der Waals surface area contributed by atoms with Crippen molar-refractivity contribution in [1.82, 2.24) is 19.7 Å². The van der Waals surface area contributed by atoms with E-state index >= 15 is 0 Å².